The van der Waals surface area contributed by atoms with Gasteiger partial charge in [0, 0.05) is 37.3 Å². The number of aliphatic hydroxyl groups is 1. The third kappa shape index (κ3) is 6.74. The maximum atomic E-state index is 15.6. The fraction of sp³-hybridized carbons (Fsp3) is 0.500. The molecule has 0 aromatic heterocycles. The van der Waals surface area contributed by atoms with Crippen LogP contribution in [0.25, 0.3) is 0 Å². The average molecular weight is 673 g/mol. The first-order valence-corrected chi connectivity index (χ1v) is 16.1. The van der Waals surface area contributed by atoms with Crippen LogP contribution in [-0.2, 0) is 21.2 Å². The van der Waals surface area contributed by atoms with Crippen LogP contribution in [0.5, 0.6) is 5.75 Å². The fourth-order valence-electron chi connectivity index (χ4n) is 6.06. The number of aliphatic hydroxyl groups excluding tert-OH is 1. The maximum Gasteiger partial charge on any atom is 0.573 e. The van der Waals surface area contributed by atoms with Gasteiger partial charge in [-0.2, -0.15) is 13.1 Å². The number of amidine groups is 1. The Labute approximate surface area is 262 Å². The smallest absolute Gasteiger partial charge is 0.406 e. The predicted octanol–water partition coefficient (Wildman–Crippen LogP) is 3.68. The standard InChI is InChI=1S/C30H33F5N4O6S/c1-18-14-21(26(41)38-10-6-22(40)7-11-38)15-19(2)24(18)17-29(31,32)46(43,44)39-12-8-28(9-13-39)27(42)36-25(37-28)20-4-3-5-23(16-20)45-30(33,34)35/h3-5,14-16,22,40H,6-13,17H2,1-2H3,(H,36,37,42). The Hall–Kier alpha value is -3.63. The lowest BCUT2D eigenvalue weighted by atomic mass is 9.89. The first kappa shape index (κ1) is 33.7. The number of nitrogens with zero attached hydrogens (tertiary/aromatic N) is 3. The molecule has 2 amide bonds. The number of carbonyl (C=O) groups is 2. The summed E-state index contributed by atoms with van der Waals surface area (Å²) in [5.74, 6) is -1.48. The molecule has 2 aromatic rings. The average Bonchev–Trinajstić information content (AvgIpc) is 3.29. The molecule has 2 N–H and O–H groups in total. The summed E-state index contributed by atoms with van der Waals surface area (Å²) in [7, 11) is -5.20. The number of aliphatic imine (C=N–C) groups is 1. The van der Waals surface area contributed by atoms with E-state index < -0.39 is 64.5 Å². The van der Waals surface area contributed by atoms with Crippen molar-refractivity contribution in [1.29, 1.82) is 0 Å². The molecule has 3 aliphatic rings. The second kappa shape index (κ2) is 12.2. The summed E-state index contributed by atoms with van der Waals surface area (Å²) in [5, 5.41) is 8.00. The van der Waals surface area contributed by atoms with Gasteiger partial charge in [0.05, 0.1) is 12.5 Å². The summed E-state index contributed by atoms with van der Waals surface area (Å²) in [6.45, 7) is 2.93. The fourth-order valence-corrected chi connectivity index (χ4v) is 7.43. The van der Waals surface area contributed by atoms with Crippen LogP contribution in [0, 0.1) is 13.8 Å². The van der Waals surface area contributed by atoms with Crippen LogP contribution in [0.1, 0.15) is 58.3 Å². The molecule has 1 spiro atoms. The number of likely N-dealkylation sites (tertiary alicyclic amines) is 1. The van der Waals surface area contributed by atoms with Crippen LogP contribution in [0.3, 0.4) is 0 Å². The number of benzene rings is 2. The first-order valence-electron chi connectivity index (χ1n) is 14.6. The number of hydrogen-bond donors (Lipinski definition) is 2. The highest BCUT2D eigenvalue weighted by Crippen LogP contribution is 2.38. The van der Waals surface area contributed by atoms with Gasteiger partial charge in [-0.15, -0.1) is 13.2 Å². The molecule has 2 aromatic carbocycles. The van der Waals surface area contributed by atoms with Crippen LogP contribution in [0.4, 0.5) is 22.0 Å². The van der Waals surface area contributed by atoms with Gasteiger partial charge in [0.1, 0.15) is 17.1 Å². The quantitative estimate of drug-likeness (QED) is 0.432. The van der Waals surface area contributed by atoms with Crippen LogP contribution in [0.15, 0.2) is 41.4 Å². The van der Waals surface area contributed by atoms with Gasteiger partial charge in [-0.1, -0.05) is 12.1 Å². The third-order valence-corrected chi connectivity index (χ3v) is 10.6. The van der Waals surface area contributed by atoms with Crippen molar-refractivity contribution in [3.05, 3.63) is 64.2 Å². The third-order valence-electron chi connectivity index (χ3n) is 8.67. The minimum atomic E-state index is -5.20. The number of carbonyl (C=O) groups excluding carboxylic acids is 2. The maximum absolute atomic E-state index is 15.6. The SMILES string of the molecule is Cc1cc(C(=O)N2CCC(O)CC2)cc(C)c1CC(F)(F)S(=O)(=O)N1CCC2(CC1)N=C(c1cccc(OC(F)(F)F)c1)NC2=O. The van der Waals surface area contributed by atoms with Crippen LogP contribution >= 0.6 is 0 Å². The molecule has 5 rings (SSSR count). The van der Waals surface area contributed by atoms with Gasteiger partial charge in [0.2, 0.25) is 0 Å². The highest BCUT2D eigenvalue weighted by atomic mass is 32.2. The van der Waals surface area contributed by atoms with Gasteiger partial charge >= 0.3 is 11.6 Å². The number of nitrogens with one attached hydrogen (secondary N) is 1. The van der Waals surface area contributed by atoms with E-state index in [0.29, 0.717) is 41.4 Å². The number of rotatable bonds is 7. The van der Waals surface area contributed by atoms with E-state index in [-0.39, 0.29) is 41.3 Å². The molecule has 0 atom stereocenters. The molecule has 46 heavy (non-hydrogen) atoms. The normalized spacial score (nSPS) is 19.7. The number of hydrogen-bond acceptors (Lipinski definition) is 7. The molecule has 3 aliphatic heterocycles. The van der Waals surface area contributed by atoms with E-state index >= 15 is 8.78 Å². The molecule has 2 saturated heterocycles. The number of aryl methyl sites for hydroxylation is 2. The van der Waals surface area contributed by atoms with Gasteiger partial charge in [-0.3, -0.25) is 14.6 Å². The zero-order chi connectivity index (χ0) is 33.7. The number of halogens is 5. The Morgan fingerprint density at radius 3 is 2.24 bits per heavy atom. The molecule has 0 saturated carbocycles. The molecular weight excluding hydrogens is 639 g/mol. The molecule has 2 fully saturated rings. The van der Waals surface area contributed by atoms with Gasteiger partial charge in [0.15, 0.2) is 0 Å². The van der Waals surface area contributed by atoms with Crippen molar-refractivity contribution in [3.8, 4) is 5.75 Å². The molecule has 0 radical (unpaired) electrons. The molecule has 10 nitrogen and oxygen atoms in total. The molecule has 250 valence electrons. The highest BCUT2D eigenvalue weighted by Gasteiger charge is 2.54. The largest absolute Gasteiger partial charge is 0.573 e. The summed E-state index contributed by atoms with van der Waals surface area (Å²) in [4.78, 5) is 31.8. The van der Waals surface area contributed by atoms with Gasteiger partial charge < -0.3 is 20.1 Å². The molecular formula is C30H33F5N4O6S. The second-order valence-electron chi connectivity index (χ2n) is 11.9. The Bertz CT molecular complexity index is 1640. The van der Waals surface area contributed by atoms with E-state index in [1.54, 1.807) is 4.90 Å². The zero-order valence-corrected chi connectivity index (χ0v) is 25.9. The zero-order valence-electron chi connectivity index (χ0n) is 25.0. The van der Waals surface area contributed by atoms with Crippen molar-refractivity contribution < 1.29 is 49.8 Å². The second-order valence-corrected chi connectivity index (χ2v) is 13.9. The van der Waals surface area contributed by atoms with Gasteiger partial charge in [-0.05, 0) is 80.5 Å². The lowest BCUT2D eigenvalue weighted by Crippen LogP contribution is -2.53. The summed E-state index contributed by atoms with van der Waals surface area (Å²) >= 11 is 0. The van der Waals surface area contributed by atoms with E-state index in [1.807, 2.05) is 0 Å². The number of sulfonamides is 1. The number of amides is 2. The highest BCUT2D eigenvalue weighted by molar-refractivity contribution is 7.90. The topological polar surface area (TPSA) is 129 Å². The van der Waals surface area contributed by atoms with Crippen molar-refractivity contribution in [3.63, 3.8) is 0 Å². The summed E-state index contributed by atoms with van der Waals surface area (Å²) in [5.41, 5.74) is -0.295. The van der Waals surface area contributed by atoms with E-state index in [1.165, 1.54) is 38.1 Å². The first-order chi connectivity index (χ1) is 21.4. The minimum absolute atomic E-state index is 0.0370. The van der Waals surface area contributed by atoms with E-state index in [9.17, 15) is 36.3 Å². The number of piperidine rings is 2. The van der Waals surface area contributed by atoms with Crippen LogP contribution < -0.4 is 10.1 Å². The van der Waals surface area contributed by atoms with Gasteiger partial charge in [0.25, 0.3) is 21.8 Å². The number of ether oxygens (including phenoxy) is 1. The van der Waals surface area contributed by atoms with Crippen molar-refractivity contribution >= 4 is 27.7 Å². The van der Waals surface area contributed by atoms with Crippen LogP contribution in [0.2, 0.25) is 0 Å². The summed E-state index contributed by atoms with van der Waals surface area (Å²) in [6.07, 6.45) is -6.10. The van der Waals surface area contributed by atoms with Crippen molar-refractivity contribution in [1.82, 2.24) is 14.5 Å². The lowest BCUT2D eigenvalue weighted by Gasteiger charge is -2.36. The van der Waals surface area contributed by atoms with Crippen molar-refractivity contribution in [2.75, 3.05) is 26.2 Å². The van der Waals surface area contributed by atoms with Crippen molar-refractivity contribution in [2.45, 2.75) is 69.2 Å². The summed E-state index contributed by atoms with van der Waals surface area (Å²) in [6, 6.07) is 7.73. The molecule has 0 bridgehead atoms. The molecule has 0 unspecified atom stereocenters. The summed E-state index contributed by atoms with van der Waals surface area (Å²) < 4.78 is 100. The molecule has 16 heteroatoms. The Morgan fingerprint density at radius 1 is 1.04 bits per heavy atom. The van der Waals surface area contributed by atoms with Crippen molar-refractivity contribution in [2.24, 2.45) is 4.99 Å². The van der Waals surface area contributed by atoms with Gasteiger partial charge in [-0.25, -0.2) is 8.42 Å². The molecule has 3 heterocycles. The Kier molecular flexibility index (Phi) is 8.94. The Morgan fingerprint density at radius 2 is 1.65 bits per heavy atom. The number of alkyl halides is 5. The van der Waals surface area contributed by atoms with E-state index in [0.717, 1.165) is 12.1 Å². The minimum Gasteiger partial charge on any atom is -0.406 e. The van der Waals surface area contributed by atoms with E-state index in [2.05, 4.69) is 15.0 Å². The van der Waals surface area contributed by atoms with E-state index in [4.69, 9.17) is 0 Å². The molecule has 0 aliphatic carbocycles. The van der Waals surface area contributed by atoms with Crippen LogP contribution in [-0.4, -0.2) is 89.8 Å². The Balaban J connectivity index is 1.28. The monoisotopic (exact) mass is 672 g/mol. The predicted molar refractivity (Wildman–Crippen MR) is 156 cm³/mol. The lowest BCUT2D eigenvalue weighted by molar-refractivity contribution is -0.274.